The molecular weight excluding hydrogens is 284 g/mol. The summed E-state index contributed by atoms with van der Waals surface area (Å²) in [5.74, 6) is -0.272. The Morgan fingerprint density at radius 2 is 1.76 bits per heavy atom. The van der Waals surface area contributed by atoms with Crippen molar-refractivity contribution in [2.45, 2.75) is 44.9 Å². The van der Waals surface area contributed by atoms with Crippen LogP contribution in [0.3, 0.4) is 0 Å². The third kappa shape index (κ3) is 2.90. The number of amides is 1. The van der Waals surface area contributed by atoms with Crippen LogP contribution in [-0.2, 0) is 46.8 Å². The van der Waals surface area contributed by atoms with Gasteiger partial charge in [-0.2, -0.15) is 0 Å². The third-order valence-corrected chi connectivity index (χ3v) is 5.89. The zero-order valence-electron chi connectivity index (χ0n) is 12.7. The van der Waals surface area contributed by atoms with Gasteiger partial charge in [0.05, 0.1) is 6.42 Å². The summed E-state index contributed by atoms with van der Waals surface area (Å²) in [6, 6.07) is 2.35. The van der Waals surface area contributed by atoms with Crippen molar-refractivity contribution in [2.75, 3.05) is 13.3 Å². The summed E-state index contributed by atoms with van der Waals surface area (Å²) in [5, 5.41) is 0. The third-order valence-electron chi connectivity index (χ3n) is 4.58. The van der Waals surface area contributed by atoms with Crippen LogP contribution in [0.5, 0.6) is 0 Å². The van der Waals surface area contributed by atoms with E-state index in [1.165, 1.54) is 46.9 Å². The topological polar surface area (TPSA) is 58.5 Å². The highest BCUT2D eigenvalue weighted by molar-refractivity contribution is 7.91. The minimum absolute atomic E-state index is 0.272. The van der Waals surface area contributed by atoms with Crippen LogP contribution < -0.4 is 4.72 Å². The molecule has 1 aromatic carbocycles. The van der Waals surface area contributed by atoms with E-state index in [1.807, 2.05) is 0 Å². The molecule has 1 aromatic rings. The van der Waals surface area contributed by atoms with Gasteiger partial charge < -0.3 is 0 Å². The molecule has 4 nitrogen and oxygen atoms in total. The number of hydrogen-bond donors (Lipinski definition) is 1. The SMILES string of the molecule is CNS(C)(=O)=NC(=O)Cc1c2c(cc3c1CCC3)CCC2. The molecule has 2 aliphatic carbocycles. The van der Waals surface area contributed by atoms with Gasteiger partial charge in [-0.1, -0.05) is 6.07 Å². The van der Waals surface area contributed by atoms with Crippen LogP contribution in [0.4, 0.5) is 0 Å². The zero-order chi connectivity index (χ0) is 15.0. The minimum Gasteiger partial charge on any atom is -0.272 e. The maximum atomic E-state index is 12.2. The normalized spacial score (nSPS) is 19.0. The molecule has 0 spiro atoms. The quantitative estimate of drug-likeness (QED) is 0.928. The van der Waals surface area contributed by atoms with Crippen molar-refractivity contribution < 1.29 is 9.00 Å². The van der Waals surface area contributed by atoms with Crippen molar-refractivity contribution in [2.24, 2.45) is 4.36 Å². The Labute approximate surface area is 126 Å². The molecular formula is C16H22N2O2S. The molecule has 5 heteroatoms. The number of fused-ring (bicyclic) bond motifs is 2. The summed E-state index contributed by atoms with van der Waals surface area (Å²) in [5.41, 5.74) is 6.77. The lowest BCUT2D eigenvalue weighted by atomic mass is 9.92. The van der Waals surface area contributed by atoms with Crippen LogP contribution in [0.1, 0.15) is 40.7 Å². The van der Waals surface area contributed by atoms with Gasteiger partial charge in [0, 0.05) is 6.26 Å². The van der Waals surface area contributed by atoms with Gasteiger partial charge in [0.15, 0.2) is 0 Å². The number of benzene rings is 1. The van der Waals surface area contributed by atoms with Crippen LogP contribution in [0.2, 0.25) is 0 Å². The zero-order valence-corrected chi connectivity index (χ0v) is 13.5. The Kier molecular flexibility index (Phi) is 3.88. The second-order valence-electron chi connectivity index (χ2n) is 6.01. The molecule has 1 unspecified atom stereocenters. The highest BCUT2D eigenvalue weighted by atomic mass is 32.2. The smallest absolute Gasteiger partial charge is 0.259 e. The molecule has 0 bridgehead atoms. The Balaban J connectivity index is 1.98. The number of aryl methyl sites for hydroxylation is 2. The molecule has 0 radical (unpaired) electrons. The summed E-state index contributed by atoms with van der Waals surface area (Å²) < 4.78 is 18.4. The highest BCUT2D eigenvalue weighted by Crippen LogP contribution is 2.35. The molecule has 0 saturated carbocycles. The lowest BCUT2D eigenvalue weighted by Crippen LogP contribution is -2.19. The molecule has 21 heavy (non-hydrogen) atoms. The van der Waals surface area contributed by atoms with Crippen molar-refractivity contribution in [1.82, 2.24) is 4.72 Å². The molecule has 3 rings (SSSR count). The van der Waals surface area contributed by atoms with Gasteiger partial charge in [0.25, 0.3) is 5.91 Å². The first kappa shape index (κ1) is 14.7. The van der Waals surface area contributed by atoms with Gasteiger partial charge in [0.2, 0.25) is 0 Å². The second kappa shape index (κ2) is 5.54. The van der Waals surface area contributed by atoms with Crippen LogP contribution in [-0.4, -0.2) is 23.4 Å². The molecule has 1 atom stereocenters. The van der Waals surface area contributed by atoms with Gasteiger partial charge in [-0.05, 0) is 73.4 Å². The number of hydrogen-bond acceptors (Lipinski definition) is 2. The van der Waals surface area contributed by atoms with Crippen molar-refractivity contribution >= 4 is 15.8 Å². The summed E-state index contributed by atoms with van der Waals surface area (Å²) >= 11 is 0. The molecule has 0 saturated heterocycles. The Bertz CT molecular complexity index is 683. The molecule has 0 heterocycles. The average Bonchev–Trinajstić information content (AvgIpc) is 3.06. The fourth-order valence-electron chi connectivity index (χ4n) is 3.57. The van der Waals surface area contributed by atoms with Gasteiger partial charge in [-0.15, -0.1) is 4.36 Å². The van der Waals surface area contributed by atoms with Crippen molar-refractivity contribution in [3.8, 4) is 0 Å². The fraction of sp³-hybridized carbons (Fsp3) is 0.562. The molecule has 1 N–H and O–H groups in total. The van der Waals surface area contributed by atoms with Crippen molar-refractivity contribution in [1.29, 1.82) is 0 Å². The summed E-state index contributed by atoms with van der Waals surface area (Å²) in [4.78, 5) is 12.2. The highest BCUT2D eigenvalue weighted by Gasteiger charge is 2.25. The van der Waals surface area contributed by atoms with E-state index < -0.39 is 9.92 Å². The molecule has 114 valence electrons. The lowest BCUT2D eigenvalue weighted by molar-refractivity contribution is -0.117. The van der Waals surface area contributed by atoms with E-state index in [0.717, 1.165) is 25.7 Å². The van der Waals surface area contributed by atoms with Crippen LogP contribution >= 0.6 is 0 Å². The average molecular weight is 306 g/mol. The number of carbonyl (C=O) groups excluding carboxylic acids is 1. The molecule has 0 aromatic heterocycles. The largest absolute Gasteiger partial charge is 0.272 e. The van der Waals surface area contributed by atoms with E-state index in [1.54, 1.807) is 7.05 Å². The first-order valence-electron chi connectivity index (χ1n) is 7.59. The van der Waals surface area contributed by atoms with E-state index in [9.17, 15) is 9.00 Å². The molecule has 2 aliphatic rings. The number of rotatable bonds is 3. The number of nitrogens with one attached hydrogen (secondary N) is 1. The maximum Gasteiger partial charge on any atom is 0.259 e. The van der Waals surface area contributed by atoms with Gasteiger partial charge >= 0.3 is 0 Å². The summed E-state index contributed by atoms with van der Waals surface area (Å²) in [6.45, 7) is 0. The fourth-order valence-corrected chi connectivity index (χ4v) is 4.12. The Morgan fingerprint density at radius 1 is 1.19 bits per heavy atom. The van der Waals surface area contributed by atoms with E-state index in [0.29, 0.717) is 6.42 Å². The predicted octanol–water partition coefficient (Wildman–Crippen LogP) is 1.97. The molecule has 0 aliphatic heterocycles. The Morgan fingerprint density at radius 3 is 2.29 bits per heavy atom. The van der Waals surface area contributed by atoms with Gasteiger partial charge in [-0.3, -0.25) is 4.79 Å². The monoisotopic (exact) mass is 306 g/mol. The van der Waals surface area contributed by atoms with E-state index >= 15 is 0 Å². The maximum absolute atomic E-state index is 12.2. The minimum atomic E-state index is -2.59. The standard InChI is InChI=1S/C16H22N2O2S/c1-17-21(2,20)18-16(19)10-15-13-7-3-5-11(13)9-12-6-4-8-14(12)15/h9H,3-8,10H2,1-2H3,(H,17,18,19,20). The Hall–Kier alpha value is -1.20. The van der Waals surface area contributed by atoms with Gasteiger partial charge in [-0.25, -0.2) is 8.93 Å². The summed E-state index contributed by atoms with van der Waals surface area (Å²) in [7, 11) is -1.03. The van der Waals surface area contributed by atoms with Crippen LogP contribution in [0, 0.1) is 0 Å². The number of carbonyl (C=O) groups is 1. The van der Waals surface area contributed by atoms with E-state index in [2.05, 4.69) is 15.2 Å². The first-order chi connectivity index (χ1) is 10.00. The van der Waals surface area contributed by atoms with E-state index in [4.69, 9.17) is 0 Å². The first-order valence-corrected chi connectivity index (χ1v) is 9.51. The predicted molar refractivity (Wildman–Crippen MR) is 84.8 cm³/mol. The van der Waals surface area contributed by atoms with Crippen LogP contribution in [0.15, 0.2) is 10.4 Å². The van der Waals surface area contributed by atoms with E-state index in [-0.39, 0.29) is 5.91 Å². The van der Waals surface area contributed by atoms with Gasteiger partial charge in [0.1, 0.15) is 9.92 Å². The molecule has 0 fully saturated rings. The molecule has 1 amide bonds. The summed E-state index contributed by atoms with van der Waals surface area (Å²) in [6.07, 6.45) is 8.51. The van der Waals surface area contributed by atoms with Crippen LogP contribution in [0.25, 0.3) is 0 Å². The van der Waals surface area contributed by atoms with Crippen molar-refractivity contribution in [3.05, 3.63) is 33.9 Å². The second-order valence-corrected chi connectivity index (χ2v) is 8.20. The number of nitrogens with zero attached hydrogens (tertiary/aromatic N) is 1. The lowest BCUT2D eigenvalue weighted by Gasteiger charge is -2.14. The van der Waals surface area contributed by atoms with Crippen molar-refractivity contribution in [3.63, 3.8) is 0 Å².